The fourth-order valence-corrected chi connectivity index (χ4v) is 3.40. The lowest BCUT2D eigenvalue weighted by Gasteiger charge is -2.21. The molecule has 7 heteroatoms. The van der Waals surface area contributed by atoms with Gasteiger partial charge in [-0.3, -0.25) is 5.10 Å². The number of ether oxygens (including phenoxy) is 3. The van der Waals surface area contributed by atoms with Crippen LogP contribution in [0.25, 0.3) is 11.4 Å². The molecule has 1 aliphatic rings. The zero-order chi connectivity index (χ0) is 16.1. The number of benzene rings is 1. The minimum absolute atomic E-state index is 0.311. The minimum Gasteiger partial charge on any atom is -0.497 e. The van der Waals surface area contributed by atoms with Gasteiger partial charge in [0.15, 0.2) is 5.82 Å². The molecule has 124 valence electrons. The van der Waals surface area contributed by atoms with Gasteiger partial charge in [0.1, 0.15) is 11.5 Å². The van der Waals surface area contributed by atoms with Crippen LogP contribution in [0.4, 0.5) is 0 Å². The molecule has 3 rings (SSSR count). The molecule has 0 unspecified atom stereocenters. The Kier molecular flexibility index (Phi) is 5.40. The van der Waals surface area contributed by atoms with Crippen molar-refractivity contribution in [2.24, 2.45) is 0 Å². The van der Waals surface area contributed by atoms with E-state index in [1.165, 1.54) is 12.8 Å². The normalized spacial score (nSPS) is 17.9. The van der Waals surface area contributed by atoms with Crippen LogP contribution in [0.3, 0.4) is 0 Å². The van der Waals surface area contributed by atoms with Crippen molar-refractivity contribution in [1.82, 2.24) is 15.2 Å². The molecule has 6 nitrogen and oxygen atoms in total. The van der Waals surface area contributed by atoms with Crippen molar-refractivity contribution in [2.45, 2.75) is 30.5 Å². The Morgan fingerprint density at radius 3 is 2.96 bits per heavy atom. The van der Waals surface area contributed by atoms with E-state index in [1.807, 2.05) is 18.2 Å². The first-order valence-electron chi connectivity index (χ1n) is 7.69. The summed E-state index contributed by atoms with van der Waals surface area (Å²) in [6.45, 7) is 0.869. The number of nitrogens with zero attached hydrogens (tertiary/aromatic N) is 2. The maximum Gasteiger partial charge on any atom is 0.208 e. The molecule has 1 aliphatic heterocycles. The minimum atomic E-state index is 0.311. The topological polar surface area (TPSA) is 69.3 Å². The third-order valence-corrected chi connectivity index (χ3v) is 4.78. The van der Waals surface area contributed by atoms with Gasteiger partial charge in [0.05, 0.1) is 25.9 Å². The SMILES string of the molecule is COc1ccc(-c2nc(SC[C@@H]3CCCCO3)n[nH]2)c(OC)c1. The first kappa shape index (κ1) is 16.1. The zero-order valence-electron chi connectivity index (χ0n) is 13.4. The molecule has 23 heavy (non-hydrogen) atoms. The van der Waals surface area contributed by atoms with Gasteiger partial charge < -0.3 is 14.2 Å². The van der Waals surface area contributed by atoms with Crippen LogP contribution in [0.2, 0.25) is 0 Å². The molecule has 0 aliphatic carbocycles. The summed E-state index contributed by atoms with van der Waals surface area (Å²) < 4.78 is 16.4. The third-order valence-electron chi connectivity index (χ3n) is 3.80. The number of rotatable bonds is 6. The summed E-state index contributed by atoms with van der Waals surface area (Å²) in [5, 5.41) is 7.99. The second kappa shape index (κ2) is 7.70. The number of nitrogens with one attached hydrogen (secondary N) is 1. The molecule has 1 aromatic carbocycles. The van der Waals surface area contributed by atoms with E-state index in [2.05, 4.69) is 15.2 Å². The number of thioether (sulfide) groups is 1. The van der Waals surface area contributed by atoms with Crippen molar-refractivity contribution < 1.29 is 14.2 Å². The molecule has 0 bridgehead atoms. The van der Waals surface area contributed by atoms with E-state index in [1.54, 1.807) is 26.0 Å². The van der Waals surface area contributed by atoms with Crippen molar-refractivity contribution in [3.05, 3.63) is 18.2 Å². The van der Waals surface area contributed by atoms with E-state index in [4.69, 9.17) is 14.2 Å². The van der Waals surface area contributed by atoms with Crippen molar-refractivity contribution in [3.63, 3.8) is 0 Å². The molecule has 1 aromatic heterocycles. The lowest BCUT2D eigenvalue weighted by atomic mass is 10.1. The van der Waals surface area contributed by atoms with Gasteiger partial charge in [-0.15, -0.1) is 5.10 Å². The van der Waals surface area contributed by atoms with Crippen molar-refractivity contribution in [3.8, 4) is 22.9 Å². The molecule has 1 N–H and O–H groups in total. The van der Waals surface area contributed by atoms with E-state index in [0.29, 0.717) is 17.7 Å². The largest absolute Gasteiger partial charge is 0.497 e. The van der Waals surface area contributed by atoms with Crippen LogP contribution in [-0.2, 0) is 4.74 Å². The van der Waals surface area contributed by atoms with Crippen LogP contribution in [0.1, 0.15) is 19.3 Å². The molecule has 0 radical (unpaired) electrons. The van der Waals surface area contributed by atoms with Gasteiger partial charge in [-0.25, -0.2) is 4.98 Å². The highest BCUT2D eigenvalue weighted by atomic mass is 32.2. The molecule has 2 heterocycles. The molecule has 0 amide bonds. The Morgan fingerprint density at radius 1 is 1.30 bits per heavy atom. The maximum atomic E-state index is 5.73. The van der Waals surface area contributed by atoms with E-state index in [-0.39, 0.29) is 0 Å². The Labute approximate surface area is 139 Å². The molecule has 1 saturated heterocycles. The number of hydrogen-bond donors (Lipinski definition) is 1. The molecule has 0 saturated carbocycles. The van der Waals surface area contributed by atoms with Crippen LogP contribution >= 0.6 is 11.8 Å². The smallest absolute Gasteiger partial charge is 0.208 e. The Bertz CT molecular complexity index is 641. The maximum absolute atomic E-state index is 5.73. The first-order chi connectivity index (χ1) is 11.3. The highest BCUT2D eigenvalue weighted by Crippen LogP contribution is 2.32. The second-order valence-electron chi connectivity index (χ2n) is 5.33. The summed E-state index contributed by atoms with van der Waals surface area (Å²) in [4.78, 5) is 4.55. The molecule has 0 spiro atoms. The third kappa shape index (κ3) is 3.97. The Morgan fingerprint density at radius 2 is 2.22 bits per heavy atom. The van der Waals surface area contributed by atoms with Gasteiger partial charge in [-0.1, -0.05) is 11.8 Å². The van der Waals surface area contributed by atoms with Gasteiger partial charge in [0.25, 0.3) is 0 Å². The summed E-state index contributed by atoms with van der Waals surface area (Å²) in [5.41, 5.74) is 0.863. The monoisotopic (exact) mass is 335 g/mol. The fraction of sp³-hybridized carbons (Fsp3) is 0.500. The van der Waals surface area contributed by atoms with Crippen LogP contribution in [0.5, 0.6) is 11.5 Å². The summed E-state index contributed by atoms with van der Waals surface area (Å²) in [7, 11) is 3.26. The second-order valence-corrected chi connectivity index (χ2v) is 6.32. The molecule has 1 atom stereocenters. The summed E-state index contributed by atoms with van der Waals surface area (Å²) in [6, 6.07) is 5.63. The summed E-state index contributed by atoms with van der Waals surface area (Å²) in [6.07, 6.45) is 3.85. The van der Waals surface area contributed by atoms with Gasteiger partial charge in [-0.05, 0) is 31.4 Å². The van der Waals surface area contributed by atoms with Gasteiger partial charge in [0.2, 0.25) is 5.16 Å². The van der Waals surface area contributed by atoms with Crippen molar-refractivity contribution in [1.29, 1.82) is 0 Å². The predicted molar refractivity (Wildman–Crippen MR) is 89.2 cm³/mol. The van der Waals surface area contributed by atoms with E-state index >= 15 is 0 Å². The molecular weight excluding hydrogens is 314 g/mol. The Hall–Kier alpha value is -1.73. The number of methoxy groups -OCH3 is 2. The average molecular weight is 335 g/mol. The van der Waals surface area contributed by atoms with Crippen LogP contribution in [-0.4, -0.2) is 47.9 Å². The van der Waals surface area contributed by atoms with Crippen LogP contribution < -0.4 is 9.47 Å². The van der Waals surface area contributed by atoms with Crippen LogP contribution in [0, 0.1) is 0 Å². The highest BCUT2D eigenvalue weighted by Gasteiger charge is 2.16. The van der Waals surface area contributed by atoms with Gasteiger partial charge in [0, 0.05) is 18.4 Å². The lowest BCUT2D eigenvalue weighted by Crippen LogP contribution is -2.21. The summed E-state index contributed by atoms with van der Waals surface area (Å²) >= 11 is 1.62. The lowest BCUT2D eigenvalue weighted by molar-refractivity contribution is 0.0315. The quantitative estimate of drug-likeness (QED) is 0.818. The average Bonchev–Trinajstić information content (AvgIpc) is 3.09. The van der Waals surface area contributed by atoms with E-state index in [9.17, 15) is 0 Å². The van der Waals surface area contributed by atoms with Crippen LogP contribution in [0.15, 0.2) is 23.4 Å². The number of aromatic nitrogens is 3. The highest BCUT2D eigenvalue weighted by molar-refractivity contribution is 7.99. The predicted octanol–water partition coefficient (Wildman–Crippen LogP) is 3.15. The van der Waals surface area contributed by atoms with E-state index in [0.717, 1.165) is 35.2 Å². The zero-order valence-corrected chi connectivity index (χ0v) is 14.2. The number of aromatic amines is 1. The summed E-state index contributed by atoms with van der Waals surface area (Å²) in [5.74, 6) is 3.02. The first-order valence-corrected chi connectivity index (χ1v) is 8.68. The van der Waals surface area contributed by atoms with Gasteiger partial charge in [-0.2, -0.15) is 0 Å². The number of H-pyrrole nitrogens is 1. The van der Waals surface area contributed by atoms with Crippen molar-refractivity contribution >= 4 is 11.8 Å². The van der Waals surface area contributed by atoms with Crippen molar-refractivity contribution in [2.75, 3.05) is 26.6 Å². The standard InChI is InChI=1S/C16H21N3O3S/c1-20-11-6-7-13(14(9-11)21-2)15-17-16(19-18-15)23-10-12-5-3-4-8-22-12/h6-7,9,12H,3-5,8,10H2,1-2H3,(H,17,18,19)/t12-/m0/s1. The number of hydrogen-bond acceptors (Lipinski definition) is 6. The Balaban J connectivity index is 1.68. The molecule has 2 aromatic rings. The van der Waals surface area contributed by atoms with Gasteiger partial charge >= 0.3 is 0 Å². The molecule has 1 fully saturated rings. The molecular formula is C16H21N3O3S. The fourth-order valence-electron chi connectivity index (χ4n) is 2.53. The van der Waals surface area contributed by atoms with E-state index < -0.39 is 0 Å².